The highest BCUT2D eigenvalue weighted by Gasteiger charge is 2.26. The molecular weight excluding hydrogens is 509 g/mol. The van der Waals surface area contributed by atoms with Gasteiger partial charge in [-0.25, -0.2) is 4.99 Å². The van der Waals surface area contributed by atoms with Crippen molar-refractivity contribution in [2.45, 2.75) is 33.7 Å². The average molecular weight is 543 g/mol. The van der Waals surface area contributed by atoms with Gasteiger partial charge in [0.05, 0.1) is 12.5 Å². The van der Waals surface area contributed by atoms with Gasteiger partial charge in [-0.05, 0) is 44.9 Å². The molecule has 1 heterocycles. The number of aromatic nitrogens is 3. The summed E-state index contributed by atoms with van der Waals surface area (Å²) in [5.74, 6) is 3.04. The predicted molar refractivity (Wildman–Crippen MR) is 133 cm³/mol. The maximum Gasteiger partial charge on any atom is 0.227 e. The van der Waals surface area contributed by atoms with Crippen LogP contribution in [0.4, 0.5) is 0 Å². The van der Waals surface area contributed by atoms with Gasteiger partial charge in [0.25, 0.3) is 0 Å². The number of nitrogens with one attached hydrogen (secondary N) is 3. The largest absolute Gasteiger partial charge is 0.497 e. The van der Waals surface area contributed by atoms with E-state index in [1.165, 1.54) is 5.56 Å². The Hall–Kier alpha value is -2.37. The highest BCUT2D eigenvalue weighted by Crippen LogP contribution is 2.13. The second-order valence-corrected chi connectivity index (χ2v) is 7.73. The standard InChI is InChI=1S/C21H33N7O2.HI/c1-15-26-27-18(28(15)5)13-24-20(25-14-21(2,3)19(29)22-4)23-12-11-16-7-9-17(30-6)10-8-16;/h7-10H,11-14H2,1-6H3,(H,22,29)(H2,23,24,25);1H. The van der Waals surface area contributed by atoms with Crippen LogP contribution in [-0.4, -0.2) is 53.9 Å². The van der Waals surface area contributed by atoms with E-state index in [4.69, 9.17) is 4.74 Å². The number of rotatable bonds is 9. The van der Waals surface area contributed by atoms with Crippen LogP contribution in [0.1, 0.15) is 31.1 Å². The van der Waals surface area contributed by atoms with Crippen molar-refractivity contribution >= 4 is 35.8 Å². The van der Waals surface area contributed by atoms with Crippen LogP contribution in [0.5, 0.6) is 5.75 Å². The van der Waals surface area contributed by atoms with Gasteiger partial charge in [0.2, 0.25) is 5.91 Å². The molecule has 0 aliphatic rings. The van der Waals surface area contributed by atoms with Crippen LogP contribution in [-0.2, 0) is 24.8 Å². The topological polar surface area (TPSA) is 105 Å². The van der Waals surface area contributed by atoms with Crippen molar-refractivity contribution in [3.05, 3.63) is 41.5 Å². The van der Waals surface area contributed by atoms with Gasteiger partial charge in [-0.3, -0.25) is 4.79 Å². The number of benzene rings is 1. The number of carbonyl (C=O) groups is 1. The maximum atomic E-state index is 12.1. The van der Waals surface area contributed by atoms with Crippen LogP contribution in [0.15, 0.2) is 29.3 Å². The molecule has 0 radical (unpaired) electrons. The van der Waals surface area contributed by atoms with Crippen molar-refractivity contribution in [2.75, 3.05) is 27.2 Å². The van der Waals surface area contributed by atoms with Crippen molar-refractivity contribution < 1.29 is 9.53 Å². The first-order chi connectivity index (χ1) is 14.3. The number of carbonyl (C=O) groups excluding carboxylic acids is 1. The Morgan fingerprint density at radius 1 is 1.19 bits per heavy atom. The summed E-state index contributed by atoms with van der Waals surface area (Å²) in [5.41, 5.74) is 0.617. The summed E-state index contributed by atoms with van der Waals surface area (Å²) in [6, 6.07) is 7.99. The Balaban J connectivity index is 0.00000480. The van der Waals surface area contributed by atoms with Gasteiger partial charge in [0.15, 0.2) is 11.8 Å². The third kappa shape index (κ3) is 8.00. The number of methoxy groups -OCH3 is 1. The predicted octanol–water partition coefficient (Wildman–Crippen LogP) is 1.80. The Morgan fingerprint density at radius 2 is 1.87 bits per heavy atom. The molecule has 0 saturated carbocycles. The van der Waals surface area contributed by atoms with E-state index in [0.717, 1.165) is 23.8 Å². The van der Waals surface area contributed by atoms with E-state index >= 15 is 0 Å². The molecular formula is C21H34IN7O2. The molecule has 3 N–H and O–H groups in total. The molecule has 0 bridgehead atoms. The summed E-state index contributed by atoms with van der Waals surface area (Å²) >= 11 is 0. The SMILES string of the molecule is CNC(=O)C(C)(C)CNC(=NCc1nnc(C)n1C)NCCc1ccc(OC)cc1.I. The zero-order chi connectivity index (χ0) is 22.1. The second kappa shape index (κ2) is 12.5. The van der Waals surface area contributed by atoms with Crippen LogP contribution < -0.4 is 20.7 Å². The van der Waals surface area contributed by atoms with E-state index in [1.54, 1.807) is 14.2 Å². The van der Waals surface area contributed by atoms with Gasteiger partial charge in [0, 0.05) is 27.2 Å². The summed E-state index contributed by atoms with van der Waals surface area (Å²) in [6.45, 7) is 7.20. The lowest BCUT2D eigenvalue weighted by Gasteiger charge is -2.24. The highest BCUT2D eigenvalue weighted by atomic mass is 127. The number of hydrogen-bond acceptors (Lipinski definition) is 5. The van der Waals surface area contributed by atoms with Crippen molar-refractivity contribution in [1.82, 2.24) is 30.7 Å². The molecule has 0 unspecified atom stereocenters. The third-order valence-corrected chi connectivity index (χ3v) is 4.97. The molecule has 1 aromatic carbocycles. The summed E-state index contributed by atoms with van der Waals surface area (Å²) in [6.07, 6.45) is 0.826. The van der Waals surface area contributed by atoms with E-state index in [-0.39, 0.29) is 29.9 Å². The normalized spacial score (nSPS) is 11.5. The molecule has 9 nitrogen and oxygen atoms in total. The molecule has 0 aliphatic carbocycles. The number of aliphatic imine (C=N–C) groups is 1. The summed E-state index contributed by atoms with van der Waals surface area (Å²) in [4.78, 5) is 16.7. The lowest BCUT2D eigenvalue weighted by atomic mass is 9.92. The number of hydrogen-bond donors (Lipinski definition) is 3. The van der Waals surface area contributed by atoms with E-state index in [1.807, 2.05) is 56.7 Å². The van der Waals surface area contributed by atoms with Gasteiger partial charge in [-0.15, -0.1) is 34.2 Å². The Bertz CT molecular complexity index is 863. The van der Waals surface area contributed by atoms with Gasteiger partial charge >= 0.3 is 0 Å². The van der Waals surface area contributed by atoms with Crippen molar-refractivity contribution in [1.29, 1.82) is 0 Å². The lowest BCUT2D eigenvalue weighted by molar-refractivity contribution is -0.128. The fraction of sp³-hybridized carbons (Fsp3) is 0.524. The minimum Gasteiger partial charge on any atom is -0.497 e. The molecule has 31 heavy (non-hydrogen) atoms. The number of amides is 1. The van der Waals surface area contributed by atoms with E-state index in [9.17, 15) is 4.79 Å². The third-order valence-electron chi connectivity index (χ3n) is 4.97. The molecule has 0 aliphatic heterocycles. The molecule has 172 valence electrons. The molecule has 2 aromatic rings. The van der Waals surface area contributed by atoms with Crippen LogP contribution in [0.3, 0.4) is 0 Å². The van der Waals surface area contributed by atoms with E-state index in [2.05, 4.69) is 31.1 Å². The number of aryl methyl sites for hydroxylation is 1. The zero-order valence-corrected chi connectivity index (χ0v) is 21.5. The van der Waals surface area contributed by atoms with Gasteiger partial charge < -0.3 is 25.3 Å². The fourth-order valence-electron chi connectivity index (χ4n) is 2.75. The maximum absolute atomic E-state index is 12.1. The molecule has 0 fully saturated rings. The van der Waals surface area contributed by atoms with Crippen LogP contribution in [0.2, 0.25) is 0 Å². The number of halogens is 1. The first-order valence-electron chi connectivity index (χ1n) is 9.99. The van der Waals surface area contributed by atoms with Crippen LogP contribution in [0.25, 0.3) is 0 Å². The first kappa shape index (κ1) is 26.7. The van der Waals surface area contributed by atoms with Crippen LogP contribution in [0, 0.1) is 12.3 Å². The second-order valence-electron chi connectivity index (χ2n) is 7.73. The van der Waals surface area contributed by atoms with Gasteiger partial charge in [-0.1, -0.05) is 12.1 Å². The Labute approximate surface area is 201 Å². The summed E-state index contributed by atoms with van der Waals surface area (Å²) in [7, 11) is 5.21. The fourth-order valence-corrected chi connectivity index (χ4v) is 2.75. The van der Waals surface area contributed by atoms with Crippen molar-refractivity contribution in [3.63, 3.8) is 0 Å². The lowest BCUT2D eigenvalue weighted by Crippen LogP contribution is -2.47. The number of ether oxygens (including phenoxy) is 1. The number of guanidine groups is 1. The van der Waals surface area contributed by atoms with E-state index in [0.29, 0.717) is 25.6 Å². The zero-order valence-electron chi connectivity index (χ0n) is 19.2. The molecule has 0 saturated heterocycles. The van der Waals surface area contributed by atoms with Crippen molar-refractivity contribution in [2.24, 2.45) is 17.5 Å². The molecule has 0 spiro atoms. The molecule has 10 heteroatoms. The summed E-state index contributed by atoms with van der Waals surface area (Å²) < 4.78 is 7.11. The highest BCUT2D eigenvalue weighted by molar-refractivity contribution is 14.0. The smallest absolute Gasteiger partial charge is 0.227 e. The monoisotopic (exact) mass is 543 g/mol. The Morgan fingerprint density at radius 3 is 2.42 bits per heavy atom. The van der Waals surface area contributed by atoms with E-state index < -0.39 is 5.41 Å². The minimum absolute atomic E-state index is 0. The quantitative estimate of drug-likeness (QED) is 0.253. The average Bonchev–Trinajstić information content (AvgIpc) is 3.07. The van der Waals surface area contributed by atoms with Crippen molar-refractivity contribution in [3.8, 4) is 5.75 Å². The summed E-state index contributed by atoms with van der Waals surface area (Å²) in [5, 5.41) is 17.5. The van der Waals surface area contributed by atoms with Gasteiger partial charge in [-0.2, -0.15) is 0 Å². The minimum atomic E-state index is -0.575. The first-order valence-corrected chi connectivity index (χ1v) is 9.99. The molecule has 1 amide bonds. The molecule has 1 aromatic heterocycles. The van der Waals surface area contributed by atoms with Gasteiger partial charge in [0.1, 0.15) is 18.1 Å². The molecule has 0 atom stereocenters. The Kier molecular flexibility index (Phi) is 10.7. The molecule has 2 rings (SSSR count). The van der Waals surface area contributed by atoms with Crippen LogP contribution >= 0.6 is 24.0 Å². The number of nitrogens with zero attached hydrogens (tertiary/aromatic N) is 4.